The van der Waals surface area contributed by atoms with Crippen LogP contribution in [-0.4, -0.2) is 34.6 Å². The first-order valence-electron chi connectivity index (χ1n) is 4.67. The summed E-state index contributed by atoms with van der Waals surface area (Å²) in [5, 5.41) is 19.6. The van der Waals surface area contributed by atoms with Gasteiger partial charge in [-0.15, -0.1) is 6.58 Å². The molecular formula is C10H11N3O4. The van der Waals surface area contributed by atoms with E-state index in [-0.39, 0.29) is 17.1 Å². The van der Waals surface area contributed by atoms with Crippen molar-refractivity contribution in [3.8, 4) is 0 Å². The van der Waals surface area contributed by atoms with Crippen LogP contribution in [0.5, 0.6) is 0 Å². The number of rotatable bonds is 5. The van der Waals surface area contributed by atoms with E-state index in [0.717, 1.165) is 12.3 Å². The van der Waals surface area contributed by atoms with Crippen LogP contribution in [0.25, 0.3) is 0 Å². The Labute approximate surface area is 97.2 Å². The molecule has 7 heteroatoms. The van der Waals surface area contributed by atoms with Crippen LogP contribution in [0.3, 0.4) is 0 Å². The summed E-state index contributed by atoms with van der Waals surface area (Å²) in [7, 11) is 1.61. The highest BCUT2D eigenvalue weighted by molar-refractivity contribution is 5.88. The van der Waals surface area contributed by atoms with Gasteiger partial charge in [-0.2, -0.15) is 0 Å². The standard InChI is InChI=1S/C10H11N3O4/c1-3-4-12(2)9-8(13(16)17)5-7(6-11-9)10(14)15/h3,5-6H,1,4H2,2H3,(H,14,15). The number of likely N-dealkylation sites (N-methyl/N-ethyl adjacent to an activating group) is 1. The second-order valence-corrected chi connectivity index (χ2v) is 3.30. The lowest BCUT2D eigenvalue weighted by Crippen LogP contribution is -2.19. The second-order valence-electron chi connectivity index (χ2n) is 3.30. The zero-order valence-corrected chi connectivity index (χ0v) is 9.16. The molecule has 0 radical (unpaired) electrons. The molecule has 0 aromatic carbocycles. The van der Waals surface area contributed by atoms with Gasteiger partial charge >= 0.3 is 11.7 Å². The molecule has 7 nitrogen and oxygen atoms in total. The van der Waals surface area contributed by atoms with E-state index < -0.39 is 10.9 Å². The van der Waals surface area contributed by atoms with Crippen LogP contribution in [0.1, 0.15) is 10.4 Å². The quantitative estimate of drug-likeness (QED) is 0.471. The molecular weight excluding hydrogens is 226 g/mol. The largest absolute Gasteiger partial charge is 0.478 e. The van der Waals surface area contributed by atoms with E-state index in [2.05, 4.69) is 11.6 Å². The van der Waals surface area contributed by atoms with Gasteiger partial charge in [0.25, 0.3) is 0 Å². The molecule has 1 rings (SSSR count). The minimum atomic E-state index is -1.25. The van der Waals surface area contributed by atoms with Crippen LogP contribution < -0.4 is 4.90 Å². The van der Waals surface area contributed by atoms with Crippen LogP contribution in [0, 0.1) is 10.1 Å². The lowest BCUT2D eigenvalue weighted by Gasteiger charge is -2.15. The molecule has 0 aliphatic heterocycles. The van der Waals surface area contributed by atoms with E-state index in [0.29, 0.717) is 6.54 Å². The number of anilines is 1. The van der Waals surface area contributed by atoms with E-state index in [1.54, 1.807) is 13.1 Å². The number of carboxylic acid groups (broad SMARTS) is 1. The van der Waals surface area contributed by atoms with E-state index in [1.165, 1.54) is 4.90 Å². The molecule has 0 fully saturated rings. The summed E-state index contributed by atoms with van der Waals surface area (Å²) in [4.78, 5) is 26.2. The van der Waals surface area contributed by atoms with Crippen molar-refractivity contribution < 1.29 is 14.8 Å². The fourth-order valence-corrected chi connectivity index (χ4v) is 1.27. The zero-order chi connectivity index (χ0) is 13.0. The van der Waals surface area contributed by atoms with Crippen molar-refractivity contribution in [2.45, 2.75) is 0 Å². The smallest absolute Gasteiger partial charge is 0.337 e. The van der Waals surface area contributed by atoms with E-state index in [1.807, 2.05) is 0 Å². The average Bonchev–Trinajstić information content (AvgIpc) is 2.28. The Morgan fingerprint density at radius 2 is 2.41 bits per heavy atom. The van der Waals surface area contributed by atoms with Crippen LogP contribution in [0.15, 0.2) is 24.9 Å². The third-order valence-electron chi connectivity index (χ3n) is 2.06. The van der Waals surface area contributed by atoms with Gasteiger partial charge in [0.05, 0.1) is 10.5 Å². The van der Waals surface area contributed by atoms with Gasteiger partial charge in [0.15, 0.2) is 0 Å². The lowest BCUT2D eigenvalue weighted by molar-refractivity contribution is -0.384. The molecule has 0 unspecified atom stereocenters. The SMILES string of the molecule is C=CCN(C)c1ncc(C(=O)O)cc1[N+](=O)[O-]. The van der Waals surface area contributed by atoms with Gasteiger partial charge in [0, 0.05) is 25.9 Å². The minimum Gasteiger partial charge on any atom is -0.478 e. The highest BCUT2D eigenvalue weighted by Gasteiger charge is 2.21. The first-order valence-corrected chi connectivity index (χ1v) is 4.67. The zero-order valence-electron chi connectivity index (χ0n) is 9.16. The molecule has 1 aromatic rings. The highest BCUT2D eigenvalue weighted by Crippen LogP contribution is 2.25. The number of hydrogen-bond donors (Lipinski definition) is 1. The molecule has 0 saturated heterocycles. The van der Waals surface area contributed by atoms with Crippen molar-refractivity contribution in [1.82, 2.24) is 4.98 Å². The molecule has 1 aromatic heterocycles. The Morgan fingerprint density at radius 3 is 2.88 bits per heavy atom. The number of nitro groups is 1. The maximum absolute atomic E-state index is 10.8. The first kappa shape index (κ1) is 12.6. The van der Waals surface area contributed by atoms with Gasteiger partial charge in [-0.1, -0.05) is 6.08 Å². The Hall–Kier alpha value is -2.44. The summed E-state index contributed by atoms with van der Waals surface area (Å²) in [6.45, 7) is 3.89. The molecule has 0 atom stereocenters. The summed E-state index contributed by atoms with van der Waals surface area (Å²) in [5.74, 6) is -1.14. The summed E-state index contributed by atoms with van der Waals surface area (Å²) >= 11 is 0. The van der Waals surface area contributed by atoms with Crippen molar-refractivity contribution in [2.24, 2.45) is 0 Å². The lowest BCUT2D eigenvalue weighted by atomic mass is 10.2. The van der Waals surface area contributed by atoms with Gasteiger partial charge in [0.2, 0.25) is 5.82 Å². The predicted octanol–water partition coefficient (Wildman–Crippen LogP) is 1.31. The Balaban J connectivity index is 3.26. The number of aromatic carboxylic acids is 1. The normalized spacial score (nSPS) is 9.71. The molecule has 0 amide bonds. The summed E-state index contributed by atoms with van der Waals surface area (Å²) in [5.41, 5.74) is -0.554. The van der Waals surface area contributed by atoms with Crippen LogP contribution >= 0.6 is 0 Å². The summed E-state index contributed by atoms with van der Waals surface area (Å²) in [6.07, 6.45) is 2.65. The molecule has 0 saturated carbocycles. The number of carboxylic acids is 1. The Kier molecular flexibility index (Phi) is 3.76. The maximum atomic E-state index is 10.8. The van der Waals surface area contributed by atoms with Gasteiger partial charge in [-0.3, -0.25) is 10.1 Å². The van der Waals surface area contributed by atoms with Crippen molar-refractivity contribution in [3.63, 3.8) is 0 Å². The van der Waals surface area contributed by atoms with E-state index in [4.69, 9.17) is 5.11 Å². The van der Waals surface area contributed by atoms with Crippen LogP contribution in [0.4, 0.5) is 11.5 Å². The van der Waals surface area contributed by atoms with Crippen molar-refractivity contribution in [2.75, 3.05) is 18.5 Å². The molecule has 1 heterocycles. The molecule has 0 bridgehead atoms. The van der Waals surface area contributed by atoms with Crippen molar-refractivity contribution in [1.29, 1.82) is 0 Å². The topological polar surface area (TPSA) is 96.6 Å². The fraction of sp³-hybridized carbons (Fsp3) is 0.200. The first-order chi connectivity index (χ1) is 7.97. The number of nitrogens with zero attached hydrogens (tertiary/aromatic N) is 3. The fourth-order valence-electron chi connectivity index (χ4n) is 1.27. The van der Waals surface area contributed by atoms with Gasteiger partial charge in [0.1, 0.15) is 0 Å². The minimum absolute atomic E-state index is 0.111. The molecule has 1 N–H and O–H groups in total. The van der Waals surface area contributed by atoms with Crippen LogP contribution in [-0.2, 0) is 0 Å². The monoisotopic (exact) mass is 237 g/mol. The Morgan fingerprint density at radius 1 is 1.76 bits per heavy atom. The molecule has 0 aliphatic rings. The van der Waals surface area contributed by atoms with Crippen LogP contribution in [0.2, 0.25) is 0 Å². The van der Waals surface area contributed by atoms with Crippen molar-refractivity contribution >= 4 is 17.5 Å². The maximum Gasteiger partial charge on any atom is 0.337 e. The van der Waals surface area contributed by atoms with Gasteiger partial charge in [-0.05, 0) is 0 Å². The van der Waals surface area contributed by atoms with E-state index in [9.17, 15) is 14.9 Å². The average molecular weight is 237 g/mol. The second kappa shape index (κ2) is 5.06. The summed E-state index contributed by atoms with van der Waals surface area (Å²) < 4.78 is 0. The number of hydrogen-bond acceptors (Lipinski definition) is 5. The molecule has 0 aliphatic carbocycles. The number of aromatic nitrogens is 1. The van der Waals surface area contributed by atoms with Gasteiger partial charge < -0.3 is 10.0 Å². The van der Waals surface area contributed by atoms with Crippen molar-refractivity contribution in [3.05, 3.63) is 40.6 Å². The molecule has 17 heavy (non-hydrogen) atoms. The number of carbonyl (C=O) groups is 1. The molecule has 90 valence electrons. The molecule has 0 spiro atoms. The summed E-state index contributed by atoms with van der Waals surface area (Å²) in [6, 6.07) is 0.990. The van der Waals surface area contributed by atoms with E-state index >= 15 is 0 Å². The predicted molar refractivity (Wildman–Crippen MR) is 61.3 cm³/mol. The number of pyridine rings is 1. The Bertz CT molecular complexity index is 473. The third kappa shape index (κ3) is 2.77. The highest BCUT2D eigenvalue weighted by atomic mass is 16.6. The third-order valence-corrected chi connectivity index (χ3v) is 2.06. The van der Waals surface area contributed by atoms with Gasteiger partial charge in [-0.25, -0.2) is 9.78 Å².